The number of unbranched alkanes of at least 4 members (excludes halogenated alkanes) is 1. The third-order valence-corrected chi connectivity index (χ3v) is 6.60. The van der Waals surface area contributed by atoms with Crippen LogP contribution in [0.15, 0.2) is 48.5 Å². The maximum absolute atomic E-state index is 12.9. The van der Waals surface area contributed by atoms with Gasteiger partial charge in [0.2, 0.25) is 5.82 Å². The number of nitrogens with one attached hydrogen (secondary N) is 1. The molecule has 0 spiro atoms. The molecule has 1 aliphatic heterocycles. The van der Waals surface area contributed by atoms with Crippen LogP contribution in [0.2, 0.25) is 0 Å². The van der Waals surface area contributed by atoms with E-state index in [9.17, 15) is 4.79 Å². The van der Waals surface area contributed by atoms with Gasteiger partial charge in [-0.2, -0.15) is 5.21 Å². The van der Waals surface area contributed by atoms with E-state index in [1.165, 1.54) is 7.11 Å². The summed E-state index contributed by atoms with van der Waals surface area (Å²) in [5.74, 6) is 0.720. The van der Waals surface area contributed by atoms with Gasteiger partial charge >= 0.3 is 5.97 Å². The second-order valence-corrected chi connectivity index (χ2v) is 9.61. The van der Waals surface area contributed by atoms with Crippen molar-refractivity contribution >= 4 is 5.97 Å². The van der Waals surface area contributed by atoms with Crippen LogP contribution in [0, 0.1) is 5.92 Å². The standard InChI is InChI=1S/C27H35N5O3/c1-5-6-15-27(18-35-27)32(24(16-19(2)3)26(33)34-4)17-20-11-13-21(14-12-20)22-9-7-8-10-23(22)25-28-30-31-29-25/h7-14,19,24H,5-6,15-18H2,1-4H3,(H,28,29,30,31). The number of aromatic amines is 1. The lowest BCUT2D eigenvalue weighted by molar-refractivity contribution is -0.151. The molecule has 0 amide bonds. The fourth-order valence-corrected chi connectivity index (χ4v) is 4.65. The average molecular weight is 478 g/mol. The zero-order chi connectivity index (χ0) is 24.8. The van der Waals surface area contributed by atoms with Crippen LogP contribution in [0.25, 0.3) is 22.5 Å². The second-order valence-electron chi connectivity index (χ2n) is 9.61. The van der Waals surface area contributed by atoms with Gasteiger partial charge in [-0.3, -0.25) is 9.69 Å². The summed E-state index contributed by atoms with van der Waals surface area (Å²) < 4.78 is 11.3. The molecule has 8 heteroatoms. The largest absolute Gasteiger partial charge is 0.468 e. The van der Waals surface area contributed by atoms with Gasteiger partial charge in [0.25, 0.3) is 0 Å². The third kappa shape index (κ3) is 5.77. The quantitative estimate of drug-likeness (QED) is 0.294. The van der Waals surface area contributed by atoms with Crippen LogP contribution in [-0.4, -0.2) is 57.0 Å². The van der Waals surface area contributed by atoms with Gasteiger partial charge in [0, 0.05) is 12.1 Å². The van der Waals surface area contributed by atoms with Crippen molar-refractivity contribution in [2.24, 2.45) is 5.92 Å². The second kappa shape index (κ2) is 11.1. The normalized spacial score (nSPS) is 18.1. The highest BCUT2D eigenvalue weighted by atomic mass is 16.6. The number of tetrazole rings is 1. The van der Waals surface area contributed by atoms with Gasteiger partial charge in [0.05, 0.1) is 13.7 Å². The van der Waals surface area contributed by atoms with Crippen LogP contribution in [0.1, 0.15) is 52.0 Å². The third-order valence-electron chi connectivity index (χ3n) is 6.60. The number of hydrogen-bond acceptors (Lipinski definition) is 7. The predicted molar refractivity (Wildman–Crippen MR) is 134 cm³/mol. The smallest absolute Gasteiger partial charge is 0.323 e. The van der Waals surface area contributed by atoms with Crippen molar-refractivity contribution in [3.8, 4) is 22.5 Å². The van der Waals surface area contributed by atoms with Crippen molar-refractivity contribution in [1.29, 1.82) is 0 Å². The lowest BCUT2D eigenvalue weighted by Crippen LogP contribution is -2.50. The molecule has 1 aromatic heterocycles. The van der Waals surface area contributed by atoms with E-state index in [2.05, 4.69) is 76.6 Å². The Hall–Kier alpha value is -3.10. The Balaban J connectivity index is 1.62. The van der Waals surface area contributed by atoms with Crippen LogP contribution in [0.4, 0.5) is 0 Å². The number of carbonyl (C=O) groups is 1. The maximum atomic E-state index is 12.9. The highest BCUT2D eigenvalue weighted by molar-refractivity contribution is 5.80. The Kier molecular flexibility index (Phi) is 7.93. The minimum atomic E-state index is -0.395. The Morgan fingerprint density at radius 3 is 2.46 bits per heavy atom. The molecule has 8 nitrogen and oxygen atoms in total. The number of H-pyrrole nitrogens is 1. The van der Waals surface area contributed by atoms with Crippen LogP contribution in [0.3, 0.4) is 0 Å². The number of methoxy groups -OCH3 is 1. The molecule has 2 unspecified atom stereocenters. The van der Waals surface area contributed by atoms with Gasteiger partial charge in [-0.05, 0) is 47.1 Å². The lowest BCUT2D eigenvalue weighted by Gasteiger charge is -2.36. The molecular weight excluding hydrogens is 442 g/mol. The zero-order valence-corrected chi connectivity index (χ0v) is 21.0. The van der Waals surface area contributed by atoms with Gasteiger partial charge in [0.15, 0.2) is 0 Å². The monoisotopic (exact) mass is 477 g/mol. The van der Waals surface area contributed by atoms with E-state index in [0.717, 1.165) is 47.9 Å². The summed E-state index contributed by atoms with van der Waals surface area (Å²) in [5, 5.41) is 14.5. The number of esters is 1. The van der Waals surface area contributed by atoms with E-state index in [4.69, 9.17) is 9.47 Å². The van der Waals surface area contributed by atoms with Gasteiger partial charge < -0.3 is 9.47 Å². The molecule has 3 aromatic rings. The van der Waals surface area contributed by atoms with E-state index in [1.54, 1.807) is 0 Å². The molecule has 2 heterocycles. The molecule has 1 aliphatic rings. The fraction of sp³-hybridized carbons (Fsp3) is 0.481. The van der Waals surface area contributed by atoms with Crippen LogP contribution in [-0.2, 0) is 20.8 Å². The molecule has 0 aliphatic carbocycles. The van der Waals surface area contributed by atoms with E-state index in [1.807, 2.05) is 18.2 Å². The predicted octanol–water partition coefficient (Wildman–Crippen LogP) is 4.84. The SMILES string of the molecule is CCCCC1(N(Cc2ccc(-c3ccccc3-c3nn[nH]n3)cc2)C(CC(C)C)C(=O)OC)CO1. The van der Waals surface area contributed by atoms with Crippen molar-refractivity contribution in [2.45, 2.75) is 64.8 Å². The number of epoxide rings is 1. The minimum absolute atomic E-state index is 0.198. The van der Waals surface area contributed by atoms with Crippen LogP contribution in [0.5, 0.6) is 0 Å². The minimum Gasteiger partial charge on any atom is -0.468 e. The molecule has 2 aromatic carbocycles. The lowest BCUT2D eigenvalue weighted by atomic mass is 9.96. The summed E-state index contributed by atoms with van der Waals surface area (Å²) in [4.78, 5) is 15.1. The summed E-state index contributed by atoms with van der Waals surface area (Å²) in [7, 11) is 1.47. The topological polar surface area (TPSA) is 96.5 Å². The highest BCUT2D eigenvalue weighted by Crippen LogP contribution is 2.41. The summed E-state index contributed by atoms with van der Waals surface area (Å²) in [5.41, 5.74) is 3.75. The first kappa shape index (κ1) is 25.0. The molecule has 2 atom stereocenters. The van der Waals surface area contributed by atoms with Crippen molar-refractivity contribution < 1.29 is 14.3 Å². The van der Waals surface area contributed by atoms with E-state index < -0.39 is 5.72 Å². The molecular formula is C27H35N5O3. The zero-order valence-electron chi connectivity index (χ0n) is 21.0. The summed E-state index contributed by atoms with van der Waals surface area (Å²) in [6, 6.07) is 16.1. The van der Waals surface area contributed by atoms with Gasteiger partial charge in [-0.25, -0.2) is 0 Å². The van der Waals surface area contributed by atoms with E-state index >= 15 is 0 Å². The van der Waals surface area contributed by atoms with Crippen molar-refractivity contribution in [2.75, 3.05) is 13.7 Å². The van der Waals surface area contributed by atoms with E-state index in [-0.39, 0.29) is 12.0 Å². The average Bonchev–Trinajstić information content (AvgIpc) is 3.46. The number of aromatic nitrogens is 4. The molecule has 186 valence electrons. The molecule has 1 fully saturated rings. The Bertz CT molecular complexity index is 1090. The first-order chi connectivity index (χ1) is 17.0. The first-order valence-corrected chi connectivity index (χ1v) is 12.4. The molecule has 35 heavy (non-hydrogen) atoms. The summed E-state index contributed by atoms with van der Waals surface area (Å²) in [6.45, 7) is 7.71. The van der Waals surface area contributed by atoms with Gasteiger partial charge in [0.1, 0.15) is 11.8 Å². The van der Waals surface area contributed by atoms with Gasteiger partial charge in [-0.15, -0.1) is 10.2 Å². The number of benzene rings is 2. The van der Waals surface area contributed by atoms with Crippen molar-refractivity contribution in [3.63, 3.8) is 0 Å². The highest BCUT2D eigenvalue weighted by Gasteiger charge is 2.53. The number of ether oxygens (including phenoxy) is 2. The molecule has 0 bridgehead atoms. The number of rotatable bonds is 12. The van der Waals surface area contributed by atoms with Crippen molar-refractivity contribution in [3.05, 3.63) is 54.1 Å². The Labute approximate surface area is 207 Å². The first-order valence-electron chi connectivity index (χ1n) is 12.4. The van der Waals surface area contributed by atoms with Gasteiger partial charge in [-0.1, -0.05) is 75.7 Å². The molecule has 1 saturated heterocycles. The van der Waals surface area contributed by atoms with Crippen LogP contribution >= 0.6 is 0 Å². The fourth-order valence-electron chi connectivity index (χ4n) is 4.65. The maximum Gasteiger partial charge on any atom is 0.323 e. The molecule has 1 N–H and O–H groups in total. The van der Waals surface area contributed by atoms with Crippen molar-refractivity contribution in [1.82, 2.24) is 25.5 Å². The summed E-state index contributed by atoms with van der Waals surface area (Å²) in [6.07, 6.45) is 3.77. The Morgan fingerprint density at radius 1 is 1.17 bits per heavy atom. The molecule has 0 saturated carbocycles. The molecule has 0 radical (unpaired) electrons. The Morgan fingerprint density at radius 2 is 1.89 bits per heavy atom. The number of nitrogens with zero attached hydrogens (tertiary/aromatic N) is 4. The summed E-state index contributed by atoms with van der Waals surface area (Å²) >= 11 is 0. The van der Waals surface area contributed by atoms with E-state index in [0.29, 0.717) is 24.9 Å². The molecule has 4 rings (SSSR count). The van der Waals surface area contributed by atoms with Crippen LogP contribution < -0.4 is 0 Å². The number of hydrogen-bond donors (Lipinski definition) is 1. The number of carbonyl (C=O) groups excluding carboxylic acids is 1.